The summed E-state index contributed by atoms with van der Waals surface area (Å²) in [5, 5.41) is 0. The van der Waals surface area contributed by atoms with Crippen molar-refractivity contribution < 1.29 is 42.9 Å². The number of carbonyl (C=O) groups excluding carboxylic acids is 4. The number of para-hydroxylation sites is 1. The molecule has 1 heterocycles. The fraction of sp³-hybridized carbons (Fsp3) is 0.444. The number of amides is 1. The third-order valence-electron chi connectivity index (χ3n) is 3.68. The summed E-state index contributed by atoms with van der Waals surface area (Å²) in [6.45, 7) is 3.35. The first-order chi connectivity index (χ1) is 13.2. The zero-order valence-corrected chi connectivity index (χ0v) is 15.5. The maximum atomic E-state index is 11.8. The van der Waals surface area contributed by atoms with Gasteiger partial charge in [-0.15, -0.1) is 0 Å². The van der Waals surface area contributed by atoms with Crippen LogP contribution in [0.4, 0.5) is 0 Å². The van der Waals surface area contributed by atoms with Crippen LogP contribution in [0.3, 0.4) is 0 Å². The third-order valence-corrected chi connectivity index (χ3v) is 3.68. The van der Waals surface area contributed by atoms with Gasteiger partial charge in [0.25, 0.3) is 5.91 Å². The summed E-state index contributed by atoms with van der Waals surface area (Å²) in [6.07, 6.45) is -6.72. The maximum absolute atomic E-state index is 11.8. The van der Waals surface area contributed by atoms with Gasteiger partial charge < -0.3 is 29.4 Å². The van der Waals surface area contributed by atoms with Crippen molar-refractivity contribution in [3.63, 3.8) is 0 Å². The Morgan fingerprint density at radius 2 is 1.50 bits per heavy atom. The predicted octanol–water partition coefficient (Wildman–Crippen LogP) is 0.0707. The second-order valence-electron chi connectivity index (χ2n) is 5.98. The van der Waals surface area contributed by atoms with E-state index in [1.165, 1.54) is 0 Å². The molecule has 1 aliphatic heterocycles. The molecule has 1 unspecified atom stereocenters. The smallest absolute Gasteiger partial charge is 0.303 e. The number of benzene rings is 1. The van der Waals surface area contributed by atoms with Gasteiger partial charge in [-0.1, -0.05) is 18.2 Å². The van der Waals surface area contributed by atoms with Crippen LogP contribution in [-0.2, 0) is 38.1 Å². The number of primary amides is 1. The molecule has 0 saturated carbocycles. The molecule has 1 saturated heterocycles. The van der Waals surface area contributed by atoms with Gasteiger partial charge in [0.1, 0.15) is 11.9 Å². The van der Waals surface area contributed by atoms with Crippen LogP contribution in [0.1, 0.15) is 20.8 Å². The molecule has 0 radical (unpaired) electrons. The monoisotopic (exact) mass is 395 g/mol. The Balaban J connectivity index is 2.38. The molecule has 1 amide bonds. The van der Waals surface area contributed by atoms with Gasteiger partial charge in [-0.2, -0.15) is 0 Å². The largest absolute Gasteiger partial charge is 0.461 e. The number of rotatable bonds is 7. The van der Waals surface area contributed by atoms with Crippen LogP contribution in [0.25, 0.3) is 0 Å². The summed E-state index contributed by atoms with van der Waals surface area (Å²) >= 11 is 0. The fourth-order valence-corrected chi connectivity index (χ4v) is 2.73. The molecule has 0 aromatic heterocycles. The van der Waals surface area contributed by atoms with Gasteiger partial charge in [-0.25, -0.2) is 0 Å². The van der Waals surface area contributed by atoms with E-state index in [0.29, 0.717) is 5.75 Å². The second-order valence-corrected chi connectivity index (χ2v) is 5.98. The summed E-state index contributed by atoms with van der Waals surface area (Å²) in [4.78, 5) is 46.3. The molecule has 5 atom stereocenters. The Kier molecular flexibility index (Phi) is 6.94. The minimum absolute atomic E-state index is 0.370. The number of esters is 3. The highest BCUT2D eigenvalue weighted by Crippen LogP contribution is 2.32. The van der Waals surface area contributed by atoms with Gasteiger partial charge in [0.05, 0.1) is 0 Å². The van der Waals surface area contributed by atoms with Crippen LogP contribution >= 0.6 is 0 Å². The van der Waals surface area contributed by atoms with E-state index in [-0.39, 0.29) is 0 Å². The number of nitrogens with two attached hydrogens (primary N) is 1. The molecule has 0 bridgehead atoms. The number of carbonyl (C=O) groups is 4. The summed E-state index contributed by atoms with van der Waals surface area (Å²) in [6, 6.07) is 8.43. The second kappa shape index (κ2) is 9.18. The molecule has 1 aliphatic rings. The van der Waals surface area contributed by atoms with Crippen LogP contribution < -0.4 is 10.5 Å². The SMILES string of the molecule is CC(=O)O[C@H]1[C@@H]([C@H](OC(C)=O)C(N)=O)OC(Oc2ccccc2)[C@@H]1OC(C)=O. The summed E-state index contributed by atoms with van der Waals surface area (Å²) in [7, 11) is 0. The van der Waals surface area contributed by atoms with Crippen molar-refractivity contribution in [1.29, 1.82) is 0 Å². The van der Waals surface area contributed by atoms with Crippen molar-refractivity contribution in [1.82, 2.24) is 0 Å². The van der Waals surface area contributed by atoms with Gasteiger partial charge in [0.2, 0.25) is 18.5 Å². The molecular weight excluding hydrogens is 374 g/mol. The van der Waals surface area contributed by atoms with Crippen molar-refractivity contribution in [2.75, 3.05) is 0 Å². The first-order valence-corrected chi connectivity index (χ1v) is 8.37. The Morgan fingerprint density at radius 3 is 2.00 bits per heavy atom. The highest BCUT2D eigenvalue weighted by Gasteiger charge is 2.55. The molecular formula is C18H21NO9. The van der Waals surface area contributed by atoms with Crippen molar-refractivity contribution >= 4 is 23.8 Å². The first kappa shape index (κ1) is 21.2. The number of hydrogen-bond donors (Lipinski definition) is 1. The molecule has 10 heteroatoms. The molecule has 1 fully saturated rings. The lowest BCUT2D eigenvalue weighted by Gasteiger charge is -2.25. The van der Waals surface area contributed by atoms with Crippen LogP contribution in [0.15, 0.2) is 30.3 Å². The number of ether oxygens (including phenoxy) is 5. The Hall–Kier alpha value is -3.14. The predicted molar refractivity (Wildman–Crippen MR) is 91.6 cm³/mol. The van der Waals surface area contributed by atoms with E-state index in [9.17, 15) is 19.2 Å². The Morgan fingerprint density at radius 1 is 0.929 bits per heavy atom. The molecule has 0 aliphatic carbocycles. The third kappa shape index (κ3) is 5.43. The fourth-order valence-electron chi connectivity index (χ4n) is 2.73. The van der Waals surface area contributed by atoms with Gasteiger partial charge >= 0.3 is 17.9 Å². The molecule has 152 valence electrons. The van der Waals surface area contributed by atoms with Gasteiger partial charge in [0.15, 0.2) is 6.10 Å². The van der Waals surface area contributed by atoms with Crippen LogP contribution in [0, 0.1) is 0 Å². The van der Waals surface area contributed by atoms with Crippen molar-refractivity contribution in [2.24, 2.45) is 5.73 Å². The van der Waals surface area contributed by atoms with Gasteiger partial charge in [-0.3, -0.25) is 19.2 Å². The molecule has 0 spiro atoms. The summed E-state index contributed by atoms with van der Waals surface area (Å²) < 4.78 is 26.7. The van der Waals surface area contributed by atoms with E-state index < -0.39 is 54.5 Å². The quantitative estimate of drug-likeness (QED) is 0.501. The number of hydrogen-bond acceptors (Lipinski definition) is 9. The molecule has 1 aromatic rings. The van der Waals surface area contributed by atoms with Crippen LogP contribution in [0.2, 0.25) is 0 Å². The van der Waals surface area contributed by atoms with E-state index >= 15 is 0 Å². The van der Waals surface area contributed by atoms with E-state index in [2.05, 4.69) is 0 Å². The van der Waals surface area contributed by atoms with Gasteiger partial charge in [0, 0.05) is 20.8 Å². The minimum atomic E-state index is -1.59. The normalized spacial score (nSPS) is 24.7. The van der Waals surface area contributed by atoms with E-state index in [1.807, 2.05) is 0 Å². The lowest BCUT2D eigenvalue weighted by Crippen LogP contribution is -2.50. The summed E-state index contributed by atoms with van der Waals surface area (Å²) in [5.74, 6) is -2.89. The lowest BCUT2D eigenvalue weighted by molar-refractivity contribution is -0.176. The topological polar surface area (TPSA) is 140 Å². The average molecular weight is 395 g/mol. The molecule has 10 nitrogen and oxygen atoms in total. The lowest BCUT2D eigenvalue weighted by atomic mass is 10.0. The van der Waals surface area contributed by atoms with Crippen LogP contribution in [-0.4, -0.2) is 54.5 Å². The standard InChI is InChI=1S/C18H21NO9/c1-9(20)24-14-13(15(17(19)23)25-10(2)21)28-18(16(14)26-11(3)22)27-12-7-5-4-6-8-12/h4-8,13-16,18H,1-3H3,(H2,19,23)/t13-,14-,15-,16+,18?/m0/s1. The Labute approximate surface area is 160 Å². The van der Waals surface area contributed by atoms with Gasteiger partial charge in [-0.05, 0) is 12.1 Å². The summed E-state index contributed by atoms with van der Waals surface area (Å²) in [5.41, 5.74) is 5.32. The van der Waals surface area contributed by atoms with E-state index in [1.54, 1.807) is 30.3 Å². The minimum Gasteiger partial charge on any atom is -0.461 e. The van der Waals surface area contributed by atoms with E-state index in [4.69, 9.17) is 29.4 Å². The molecule has 1 aromatic carbocycles. The first-order valence-electron chi connectivity index (χ1n) is 8.37. The van der Waals surface area contributed by atoms with Crippen molar-refractivity contribution in [3.8, 4) is 5.75 Å². The zero-order valence-electron chi connectivity index (χ0n) is 15.5. The highest BCUT2D eigenvalue weighted by molar-refractivity contribution is 5.82. The average Bonchev–Trinajstić information content (AvgIpc) is 2.89. The zero-order chi connectivity index (χ0) is 20.8. The molecule has 28 heavy (non-hydrogen) atoms. The molecule has 2 rings (SSSR count). The van der Waals surface area contributed by atoms with Crippen molar-refractivity contribution in [2.45, 2.75) is 51.5 Å². The Bertz CT molecular complexity index is 736. The van der Waals surface area contributed by atoms with Crippen molar-refractivity contribution in [3.05, 3.63) is 30.3 Å². The van der Waals surface area contributed by atoms with Crippen LogP contribution in [0.5, 0.6) is 5.75 Å². The maximum Gasteiger partial charge on any atom is 0.303 e. The molecule has 2 N–H and O–H groups in total. The highest BCUT2D eigenvalue weighted by atomic mass is 16.7. The van der Waals surface area contributed by atoms with E-state index in [0.717, 1.165) is 20.8 Å².